The van der Waals surface area contributed by atoms with E-state index in [1.54, 1.807) is 29.0 Å². The van der Waals surface area contributed by atoms with E-state index >= 15 is 0 Å². The van der Waals surface area contributed by atoms with Crippen molar-refractivity contribution < 1.29 is 5.11 Å². The van der Waals surface area contributed by atoms with E-state index in [2.05, 4.69) is 20.5 Å². The van der Waals surface area contributed by atoms with Gasteiger partial charge in [0.2, 0.25) is 5.16 Å². The first-order chi connectivity index (χ1) is 8.40. The van der Waals surface area contributed by atoms with E-state index in [0.29, 0.717) is 6.54 Å². The Kier molecular flexibility index (Phi) is 4.51. The van der Waals surface area contributed by atoms with Gasteiger partial charge in [0, 0.05) is 24.7 Å². The highest BCUT2D eigenvalue weighted by Gasteiger charge is 2.05. The number of aliphatic hydroxyl groups is 1. The SMILES string of the molecule is OCCn1nnnc1SCCCn1ccnc1. The van der Waals surface area contributed by atoms with Crippen molar-refractivity contribution in [2.45, 2.75) is 24.7 Å². The van der Waals surface area contributed by atoms with Crippen molar-refractivity contribution in [2.24, 2.45) is 0 Å². The lowest BCUT2D eigenvalue weighted by atomic mass is 10.5. The van der Waals surface area contributed by atoms with Crippen molar-refractivity contribution in [1.29, 1.82) is 0 Å². The molecule has 2 rings (SSSR count). The van der Waals surface area contributed by atoms with E-state index in [1.807, 2.05) is 10.8 Å². The molecule has 92 valence electrons. The average Bonchev–Trinajstić information content (AvgIpc) is 2.96. The molecule has 0 aromatic carbocycles. The van der Waals surface area contributed by atoms with E-state index in [1.165, 1.54) is 0 Å². The summed E-state index contributed by atoms with van der Waals surface area (Å²) in [5.74, 6) is 0.935. The number of aromatic nitrogens is 6. The summed E-state index contributed by atoms with van der Waals surface area (Å²) in [6, 6.07) is 0. The molecule has 17 heavy (non-hydrogen) atoms. The summed E-state index contributed by atoms with van der Waals surface area (Å²) in [4.78, 5) is 3.98. The zero-order valence-electron chi connectivity index (χ0n) is 9.31. The summed E-state index contributed by atoms with van der Waals surface area (Å²) in [5.41, 5.74) is 0. The molecule has 7 nitrogen and oxygen atoms in total. The molecule has 0 saturated carbocycles. The van der Waals surface area contributed by atoms with Gasteiger partial charge in [-0.05, 0) is 16.8 Å². The number of thioether (sulfide) groups is 1. The lowest BCUT2D eigenvalue weighted by Crippen LogP contribution is -2.06. The molecular weight excluding hydrogens is 240 g/mol. The second-order valence-corrected chi connectivity index (χ2v) is 4.47. The van der Waals surface area contributed by atoms with Crippen LogP contribution in [0.5, 0.6) is 0 Å². The Bertz CT molecular complexity index is 428. The maximum Gasteiger partial charge on any atom is 0.209 e. The van der Waals surface area contributed by atoms with Crippen LogP contribution in [0.25, 0.3) is 0 Å². The quantitative estimate of drug-likeness (QED) is 0.555. The lowest BCUT2D eigenvalue weighted by Gasteiger charge is -2.03. The van der Waals surface area contributed by atoms with Gasteiger partial charge in [-0.15, -0.1) is 5.10 Å². The molecule has 0 spiro atoms. The van der Waals surface area contributed by atoms with Gasteiger partial charge in [-0.3, -0.25) is 0 Å². The molecule has 0 fully saturated rings. The highest BCUT2D eigenvalue weighted by atomic mass is 32.2. The molecule has 1 N–H and O–H groups in total. The largest absolute Gasteiger partial charge is 0.394 e. The molecule has 2 aromatic rings. The smallest absolute Gasteiger partial charge is 0.209 e. The minimum Gasteiger partial charge on any atom is -0.394 e. The highest BCUT2D eigenvalue weighted by molar-refractivity contribution is 7.99. The third-order valence-electron chi connectivity index (χ3n) is 2.16. The molecular formula is C9H14N6OS. The van der Waals surface area contributed by atoms with Gasteiger partial charge in [-0.1, -0.05) is 11.8 Å². The molecule has 0 aliphatic rings. The monoisotopic (exact) mass is 254 g/mol. The number of tetrazole rings is 1. The van der Waals surface area contributed by atoms with Crippen LogP contribution in [0, 0.1) is 0 Å². The summed E-state index contributed by atoms with van der Waals surface area (Å²) < 4.78 is 3.65. The number of imidazole rings is 1. The van der Waals surface area contributed by atoms with Crippen molar-refractivity contribution in [1.82, 2.24) is 29.8 Å². The fourth-order valence-corrected chi connectivity index (χ4v) is 2.19. The van der Waals surface area contributed by atoms with Crippen molar-refractivity contribution in [3.8, 4) is 0 Å². The van der Waals surface area contributed by atoms with E-state index in [0.717, 1.165) is 23.9 Å². The van der Waals surface area contributed by atoms with Gasteiger partial charge in [0.1, 0.15) is 0 Å². The minimum atomic E-state index is 0.0492. The molecule has 0 saturated heterocycles. The van der Waals surface area contributed by atoms with E-state index < -0.39 is 0 Å². The fourth-order valence-electron chi connectivity index (χ4n) is 1.36. The Morgan fingerprint density at radius 2 is 2.29 bits per heavy atom. The molecule has 0 amide bonds. The number of aliphatic hydroxyl groups excluding tert-OH is 1. The zero-order valence-corrected chi connectivity index (χ0v) is 10.1. The molecule has 2 aromatic heterocycles. The maximum absolute atomic E-state index is 8.82. The van der Waals surface area contributed by atoms with Crippen LogP contribution >= 0.6 is 11.8 Å². The van der Waals surface area contributed by atoms with Gasteiger partial charge in [0.05, 0.1) is 19.5 Å². The molecule has 0 atom stereocenters. The molecule has 0 radical (unpaired) electrons. The summed E-state index contributed by atoms with van der Waals surface area (Å²) in [5, 5.41) is 20.9. The van der Waals surface area contributed by atoms with Crippen LogP contribution in [0.4, 0.5) is 0 Å². The second-order valence-electron chi connectivity index (χ2n) is 3.41. The highest BCUT2D eigenvalue weighted by Crippen LogP contribution is 2.14. The first-order valence-corrected chi connectivity index (χ1v) is 6.34. The van der Waals surface area contributed by atoms with Gasteiger partial charge in [0.15, 0.2) is 0 Å². The molecule has 2 heterocycles. The first kappa shape index (κ1) is 12.1. The van der Waals surface area contributed by atoms with Crippen molar-refractivity contribution >= 4 is 11.8 Å². The van der Waals surface area contributed by atoms with E-state index in [9.17, 15) is 0 Å². The van der Waals surface area contributed by atoms with E-state index in [-0.39, 0.29) is 6.61 Å². The summed E-state index contributed by atoms with van der Waals surface area (Å²) in [7, 11) is 0. The Morgan fingerprint density at radius 3 is 3.06 bits per heavy atom. The van der Waals surface area contributed by atoms with Crippen LogP contribution in [-0.4, -0.2) is 47.2 Å². The summed E-state index contributed by atoms with van der Waals surface area (Å²) >= 11 is 1.60. The van der Waals surface area contributed by atoms with Crippen LogP contribution in [-0.2, 0) is 13.1 Å². The van der Waals surface area contributed by atoms with Crippen LogP contribution in [0.3, 0.4) is 0 Å². The molecule has 0 aliphatic heterocycles. The minimum absolute atomic E-state index is 0.0492. The predicted octanol–water partition coefficient (Wildman–Crippen LogP) is 0.0443. The van der Waals surface area contributed by atoms with Gasteiger partial charge in [-0.2, -0.15) is 0 Å². The number of nitrogens with zero attached hydrogens (tertiary/aromatic N) is 6. The second kappa shape index (κ2) is 6.36. The lowest BCUT2D eigenvalue weighted by molar-refractivity contribution is 0.262. The number of rotatable bonds is 7. The fraction of sp³-hybridized carbons (Fsp3) is 0.556. The van der Waals surface area contributed by atoms with Crippen LogP contribution in [0.15, 0.2) is 23.9 Å². The van der Waals surface area contributed by atoms with Crippen molar-refractivity contribution in [2.75, 3.05) is 12.4 Å². The normalized spacial score (nSPS) is 10.9. The Balaban J connectivity index is 1.72. The third kappa shape index (κ3) is 3.53. The maximum atomic E-state index is 8.82. The molecule has 0 bridgehead atoms. The third-order valence-corrected chi connectivity index (χ3v) is 3.21. The van der Waals surface area contributed by atoms with Gasteiger partial charge in [-0.25, -0.2) is 9.67 Å². The molecule has 0 aliphatic carbocycles. The Hall–Kier alpha value is -1.41. The summed E-state index contributed by atoms with van der Waals surface area (Å²) in [6.45, 7) is 1.43. The number of hydrogen-bond donors (Lipinski definition) is 1. The van der Waals surface area contributed by atoms with Crippen LogP contribution in [0.1, 0.15) is 6.42 Å². The summed E-state index contributed by atoms with van der Waals surface area (Å²) in [6.07, 6.45) is 6.54. The van der Waals surface area contributed by atoms with Crippen LogP contribution in [0.2, 0.25) is 0 Å². The average molecular weight is 254 g/mol. The van der Waals surface area contributed by atoms with Gasteiger partial charge >= 0.3 is 0 Å². The zero-order chi connectivity index (χ0) is 11.9. The van der Waals surface area contributed by atoms with E-state index in [4.69, 9.17) is 5.11 Å². The standard InChI is InChI=1S/C9H14N6OS/c16-6-5-15-9(11-12-13-15)17-7-1-3-14-4-2-10-8-14/h2,4,8,16H,1,3,5-7H2. The van der Waals surface area contributed by atoms with Crippen LogP contribution < -0.4 is 0 Å². The Morgan fingerprint density at radius 1 is 1.35 bits per heavy atom. The van der Waals surface area contributed by atoms with Gasteiger partial charge < -0.3 is 9.67 Å². The topological polar surface area (TPSA) is 81.6 Å². The Labute approximate surface area is 103 Å². The molecule has 8 heteroatoms. The van der Waals surface area contributed by atoms with Crippen molar-refractivity contribution in [3.63, 3.8) is 0 Å². The number of hydrogen-bond acceptors (Lipinski definition) is 6. The predicted molar refractivity (Wildman–Crippen MR) is 62.5 cm³/mol. The van der Waals surface area contributed by atoms with Gasteiger partial charge in [0.25, 0.3) is 0 Å². The van der Waals surface area contributed by atoms with Crippen molar-refractivity contribution in [3.05, 3.63) is 18.7 Å². The number of aryl methyl sites for hydroxylation is 1. The first-order valence-electron chi connectivity index (χ1n) is 5.35. The molecule has 0 unspecified atom stereocenters.